The predicted octanol–water partition coefficient (Wildman–Crippen LogP) is 2.17. The van der Waals surface area contributed by atoms with Gasteiger partial charge in [0.1, 0.15) is 5.78 Å². The molecule has 1 unspecified atom stereocenters. The van der Waals surface area contributed by atoms with E-state index in [-0.39, 0.29) is 23.9 Å². The number of ketones is 2. The highest BCUT2D eigenvalue weighted by Gasteiger charge is 2.25. The molecule has 0 N–H and O–H groups in total. The van der Waals surface area contributed by atoms with Crippen LogP contribution in [-0.4, -0.2) is 24.8 Å². The zero-order valence-electron chi connectivity index (χ0n) is 9.94. The van der Waals surface area contributed by atoms with Crippen molar-refractivity contribution in [2.24, 2.45) is 5.92 Å². The van der Waals surface area contributed by atoms with Crippen LogP contribution in [0.15, 0.2) is 24.3 Å². The van der Waals surface area contributed by atoms with Crippen LogP contribution < -0.4 is 0 Å². The maximum Gasteiger partial charge on any atom is 0.170 e. The predicted molar refractivity (Wildman–Crippen MR) is 64.1 cm³/mol. The van der Waals surface area contributed by atoms with Gasteiger partial charge in [0, 0.05) is 18.1 Å². The molecule has 3 heteroatoms. The lowest BCUT2D eigenvalue weighted by molar-refractivity contribution is -0.121. The topological polar surface area (TPSA) is 43.4 Å². The summed E-state index contributed by atoms with van der Waals surface area (Å²) in [6.45, 7) is 3.07. The largest absolute Gasteiger partial charge is 0.381 e. The van der Waals surface area contributed by atoms with Crippen LogP contribution in [0.5, 0.6) is 0 Å². The Bertz CT molecular complexity index is 414. The van der Waals surface area contributed by atoms with Gasteiger partial charge < -0.3 is 4.74 Å². The van der Waals surface area contributed by atoms with Crippen molar-refractivity contribution in [3.05, 3.63) is 35.4 Å². The normalized spacial score (nSPS) is 19.2. The quantitative estimate of drug-likeness (QED) is 0.590. The first kappa shape index (κ1) is 12.0. The fourth-order valence-electron chi connectivity index (χ4n) is 1.93. The lowest BCUT2D eigenvalue weighted by atomic mass is 9.96. The van der Waals surface area contributed by atoms with Gasteiger partial charge in [0.25, 0.3) is 0 Å². The fraction of sp³-hybridized carbons (Fsp3) is 0.429. The molecular weight excluding hydrogens is 216 g/mol. The van der Waals surface area contributed by atoms with Crippen LogP contribution in [0, 0.1) is 12.8 Å². The Morgan fingerprint density at radius 1 is 1.29 bits per heavy atom. The van der Waals surface area contributed by atoms with Crippen molar-refractivity contribution in [2.75, 3.05) is 13.2 Å². The zero-order valence-corrected chi connectivity index (χ0v) is 9.94. The standard InChI is InChI=1S/C14H16O3/c1-10-2-4-11(5-3-10)13(15)8-14(16)12-6-7-17-9-12/h2-5,12H,6-9H2,1H3. The molecular formula is C14H16O3. The second kappa shape index (κ2) is 5.23. The SMILES string of the molecule is Cc1ccc(C(=O)CC(=O)C2CCOC2)cc1. The molecule has 0 bridgehead atoms. The second-order valence-electron chi connectivity index (χ2n) is 4.49. The Balaban J connectivity index is 1.96. The molecule has 0 aliphatic carbocycles. The minimum absolute atomic E-state index is 0.00289. The summed E-state index contributed by atoms with van der Waals surface area (Å²) in [5.41, 5.74) is 1.72. The maximum atomic E-state index is 11.9. The first-order valence-electron chi connectivity index (χ1n) is 5.87. The number of rotatable bonds is 4. The molecule has 0 spiro atoms. The molecule has 90 valence electrons. The Labute approximate surface area is 101 Å². The van der Waals surface area contributed by atoms with Crippen molar-refractivity contribution < 1.29 is 14.3 Å². The van der Waals surface area contributed by atoms with E-state index in [4.69, 9.17) is 4.74 Å². The molecule has 0 saturated carbocycles. The van der Waals surface area contributed by atoms with Crippen molar-refractivity contribution in [3.8, 4) is 0 Å². The third kappa shape index (κ3) is 3.01. The highest BCUT2D eigenvalue weighted by Crippen LogP contribution is 2.16. The third-order valence-electron chi connectivity index (χ3n) is 3.09. The number of hydrogen-bond acceptors (Lipinski definition) is 3. The molecule has 0 aromatic heterocycles. The molecule has 3 nitrogen and oxygen atoms in total. The molecule has 17 heavy (non-hydrogen) atoms. The molecule has 0 radical (unpaired) electrons. The van der Waals surface area contributed by atoms with Gasteiger partial charge in [-0.05, 0) is 13.3 Å². The molecule has 1 heterocycles. The second-order valence-corrected chi connectivity index (χ2v) is 4.49. The number of hydrogen-bond donors (Lipinski definition) is 0. The van der Waals surface area contributed by atoms with Crippen molar-refractivity contribution in [2.45, 2.75) is 19.8 Å². The highest BCUT2D eigenvalue weighted by molar-refractivity contribution is 6.08. The van der Waals surface area contributed by atoms with Crippen LogP contribution in [0.2, 0.25) is 0 Å². The Morgan fingerprint density at radius 2 is 2.00 bits per heavy atom. The summed E-state index contributed by atoms with van der Waals surface area (Å²) in [5.74, 6) is -0.167. The summed E-state index contributed by atoms with van der Waals surface area (Å²) in [5, 5.41) is 0. The van der Waals surface area contributed by atoms with E-state index in [0.29, 0.717) is 18.8 Å². The molecule has 1 aliphatic rings. The Hall–Kier alpha value is -1.48. The number of Topliss-reactive ketones (excluding diaryl/α,β-unsaturated/α-hetero) is 2. The number of aryl methyl sites for hydroxylation is 1. The average Bonchev–Trinajstić information content (AvgIpc) is 2.83. The van der Waals surface area contributed by atoms with Gasteiger partial charge in [-0.2, -0.15) is 0 Å². The first-order chi connectivity index (χ1) is 8.16. The molecule has 1 aromatic carbocycles. The van der Waals surface area contributed by atoms with Gasteiger partial charge in [0.15, 0.2) is 5.78 Å². The maximum absolute atomic E-state index is 11.9. The van der Waals surface area contributed by atoms with Crippen molar-refractivity contribution in [1.82, 2.24) is 0 Å². The summed E-state index contributed by atoms with van der Waals surface area (Å²) in [4.78, 5) is 23.7. The van der Waals surface area contributed by atoms with Crippen LogP contribution in [0.25, 0.3) is 0 Å². The average molecular weight is 232 g/mol. The van der Waals surface area contributed by atoms with Gasteiger partial charge in [-0.3, -0.25) is 9.59 Å². The summed E-state index contributed by atoms with van der Waals surface area (Å²) in [6, 6.07) is 7.32. The van der Waals surface area contributed by atoms with Crippen molar-refractivity contribution in [3.63, 3.8) is 0 Å². The van der Waals surface area contributed by atoms with Crippen LogP contribution in [-0.2, 0) is 9.53 Å². The Kier molecular flexibility index (Phi) is 3.69. The van der Waals surface area contributed by atoms with E-state index in [0.717, 1.165) is 12.0 Å². The van der Waals surface area contributed by atoms with Gasteiger partial charge in [-0.25, -0.2) is 0 Å². The van der Waals surface area contributed by atoms with E-state index in [2.05, 4.69) is 0 Å². The Morgan fingerprint density at radius 3 is 2.59 bits per heavy atom. The van der Waals surface area contributed by atoms with Crippen LogP contribution in [0.3, 0.4) is 0 Å². The summed E-state index contributed by atoms with van der Waals surface area (Å²) < 4.78 is 5.15. The number of benzene rings is 1. The highest BCUT2D eigenvalue weighted by atomic mass is 16.5. The molecule has 1 atom stereocenters. The van der Waals surface area contributed by atoms with Crippen LogP contribution in [0.1, 0.15) is 28.8 Å². The van der Waals surface area contributed by atoms with E-state index in [9.17, 15) is 9.59 Å². The minimum atomic E-state index is -0.0955. The van der Waals surface area contributed by atoms with Gasteiger partial charge in [-0.15, -0.1) is 0 Å². The lowest BCUT2D eigenvalue weighted by Crippen LogP contribution is -2.18. The van der Waals surface area contributed by atoms with E-state index >= 15 is 0 Å². The zero-order chi connectivity index (χ0) is 12.3. The minimum Gasteiger partial charge on any atom is -0.381 e. The van der Waals surface area contributed by atoms with E-state index in [1.165, 1.54) is 0 Å². The molecule has 1 saturated heterocycles. The van der Waals surface area contributed by atoms with Crippen LogP contribution in [0.4, 0.5) is 0 Å². The molecule has 1 fully saturated rings. The molecule has 2 rings (SSSR count). The van der Waals surface area contributed by atoms with Gasteiger partial charge in [-0.1, -0.05) is 29.8 Å². The number of carbonyl (C=O) groups excluding carboxylic acids is 2. The van der Waals surface area contributed by atoms with Crippen LogP contribution >= 0.6 is 0 Å². The third-order valence-corrected chi connectivity index (χ3v) is 3.09. The summed E-state index contributed by atoms with van der Waals surface area (Å²) >= 11 is 0. The molecule has 0 amide bonds. The van der Waals surface area contributed by atoms with Crippen molar-refractivity contribution >= 4 is 11.6 Å². The summed E-state index contributed by atoms with van der Waals surface area (Å²) in [6.07, 6.45) is 0.747. The molecule has 1 aromatic rings. The van der Waals surface area contributed by atoms with Gasteiger partial charge in [0.2, 0.25) is 0 Å². The van der Waals surface area contributed by atoms with Crippen molar-refractivity contribution in [1.29, 1.82) is 0 Å². The smallest absolute Gasteiger partial charge is 0.170 e. The van der Waals surface area contributed by atoms with E-state index in [1.54, 1.807) is 12.1 Å². The first-order valence-corrected chi connectivity index (χ1v) is 5.87. The van der Waals surface area contributed by atoms with E-state index in [1.807, 2.05) is 19.1 Å². The molecule has 1 aliphatic heterocycles. The summed E-state index contributed by atoms with van der Waals surface area (Å²) in [7, 11) is 0. The monoisotopic (exact) mass is 232 g/mol. The van der Waals surface area contributed by atoms with E-state index < -0.39 is 0 Å². The van der Waals surface area contributed by atoms with Gasteiger partial charge in [0.05, 0.1) is 13.0 Å². The lowest BCUT2D eigenvalue weighted by Gasteiger charge is -2.05. The number of carbonyl (C=O) groups is 2. The van der Waals surface area contributed by atoms with Gasteiger partial charge >= 0.3 is 0 Å². The fourth-order valence-corrected chi connectivity index (χ4v) is 1.93. The number of ether oxygens (including phenoxy) is 1.